The first-order chi connectivity index (χ1) is 10.00. The number of aliphatic hydroxyl groups is 1. The third-order valence-corrected chi connectivity index (χ3v) is 5.75. The van der Waals surface area contributed by atoms with Gasteiger partial charge in [0.05, 0.1) is 19.3 Å². The van der Waals surface area contributed by atoms with Gasteiger partial charge in [-0.05, 0) is 35.5 Å². The van der Waals surface area contributed by atoms with E-state index in [1.807, 2.05) is 0 Å². The fourth-order valence-corrected chi connectivity index (χ4v) is 4.21. The molecule has 0 bridgehead atoms. The molecule has 2 rings (SSSR count). The molecule has 0 spiro atoms. The molecule has 22 heavy (non-hydrogen) atoms. The molecule has 2 fully saturated rings. The van der Waals surface area contributed by atoms with Crippen LogP contribution < -0.4 is 0 Å². The smallest absolute Gasteiger partial charge is 0.160 e. The van der Waals surface area contributed by atoms with Gasteiger partial charge in [0.25, 0.3) is 0 Å². The van der Waals surface area contributed by atoms with Gasteiger partial charge < -0.3 is 14.6 Å². The quantitative estimate of drug-likeness (QED) is 0.719. The van der Waals surface area contributed by atoms with Crippen molar-refractivity contribution in [1.29, 1.82) is 0 Å². The average molecular weight is 331 g/mol. The molecular weight excluding hydrogens is 296 g/mol. The Morgan fingerprint density at radius 3 is 1.64 bits per heavy atom. The van der Waals surface area contributed by atoms with Gasteiger partial charge in [-0.1, -0.05) is 41.5 Å². The van der Waals surface area contributed by atoms with Gasteiger partial charge in [0, 0.05) is 11.2 Å². The first-order valence-electron chi connectivity index (χ1n) is 8.59. The van der Waals surface area contributed by atoms with E-state index in [4.69, 9.17) is 9.47 Å². The zero-order valence-electron chi connectivity index (χ0n) is 15.0. The van der Waals surface area contributed by atoms with Crippen molar-refractivity contribution >= 4 is 12.6 Å². The van der Waals surface area contributed by atoms with Crippen molar-refractivity contribution in [3.05, 3.63) is 0 Å². The number of hydrogen-bond acceptors (Lipinski definition) is 4. The fourth-order valence-electron chi connectivity index (χ4n) is 4.04. The largest absolute Gasteiger partial charge is 0.393 e. The molecule has 4 heteroatoms. The maximum Gasteiger partial charge on any atom is 0.160 e. The van der Waals surface area contributed by atoms with Gasteiger partial charge >= 0.3 is 0 Å². The van der Waals surface area contributed by atoms with E-state index in [-0.39, 0.29) is 40.3 Å². The second-order valence-electron chi connectivity index (χ2n) is 9.36. The molecule has 2 atom stereocenters. The Bertz CT molecular complexity index is 340. The van der Waals surface area contributed by atoms with Crippen LogP contribution in [0.4, 0.5) is 0 Å². The maximum absolute atomic E-state index is 11.0. The maximum atomic E-state index is 11.0. The summed E-state index contributed by atoms with van der Waals surface area (Å²) in [4.78, 5) is 0. The van der Waals surface area contributed by atoms with Crippen molar-refractivity contribution in [1.82, 2.24) is 0 Å². The molecular formula is C18H34O3S. The molecule has 1 saturated carbocycles. The van der Waals surface area contributed by atoms with Crippen molar-refractivity contribution in [3.63, 3.8) is 0 Å². The Kier molecular flexibility index (Phi) is 5.59. The van der Waals surface area contributed by atoms with E-state index in [2.05, 4.69) is 54.2 Å². The van der Waals surface area contributed by atoms with Crippen molar-refractivity contribution in [3.8, 4) is 0 Å². The molecule has 0 aromatic carbocycles. The molecule has 1 aliphatic heterocycles. The number of thiol groups is 1. The van der Waals surface area contributed by atoms with E-state index in [0.29, 0.717) is 19.1 Å². The number of rotatable bonds is 1. The molecule has 1 saturated heterocycles. The van der Waals surface area contributed by atoms with Crippen LogP contribution in [0.3, 0.4) is 0 Å². The highest BCUT2D eigenvalue weighted by atomic mass is 32.1. The molecule has 1 heterocycles. The van der Waals surface area contributed by atoms with Crippen LogP contribution in [0.25, 0.3) is 0 Å². The van der Waals surface area contributed by atoms with E-state index >= 15 is 0 Å². The zero-order valence-corrected chi connectivity index (χ0v) is 15.9. The monoisotopic (exact) mass is 330 g/mol. The predicted octanol–water partition coefficient (Wildman–Crippen LogP) is 3.75. The van der Waals surface area contributed by atoms with Gasteiger partial charge in [0.15, 0.2) is 6.29 Å². The van der Waals surface area contributed by atoms with E-state index in [1.165, 1.54) is 0 Å². The Balaban J connectivity index is 2.17. The van der Waals surface area contributed by atoms with Crippen LogP contribution in [-0.4, -0.2) is 36.0 Å². The van der Waals surface area contributed by atoms with Crippen LogP contribution in [0.1, 0.15) is 54.4 Å². The van der Waals surface area contributed by atoms with Gasteiger partial charge in [0.2, 0.25) is 0 Å². The second-order valence-corrected chi connectivity index (χ2v) is 10.1. The van der Waals surface area contributed by atoms with Gasteiger partial charge in [0.1, 0.15) is 0 Å². The highest BCUT2D eigenvalue weighted by Gasteiger charge is 2.48. The predicted molar refractivity (Wildman–Crippen MR) is 93.1 cm³/mol. The highest BCUT2D eigenvalue weighted by Crippen LogP contribution is 2.49. The normalized spacial score (nSPS) is 41.5. The molecule has 3 nitrogen and oxygen atoms in total. The summed E-state index contributed by atoms with van der Waals surface area (Å²) in [6.45, 7) is 14.7. The number of hydrogen-bond donors (Lipinski definition) is 2. The van der Waals surface area contributed by atoms with Crippen LogP contribution in [0, 0.1) is 28.6 Å². The standard InChI is InChI=1S/C18H34O3S/c1-17(2,3)13-7-11(16-20-9-12(22)10-21-16)8-14(15(13)19)18(4,5)6/h11-16,19,22H,7-10H2,1-6H3. The third kappa shape index (κ3) is 4.19. The lowest BCUT2D eigenvalue weighted by atomic mass is 9.58. The van der Waals surface area contributed by atoms with Crippen LogP contribution in [0.2, 0.25) is 0 Å². The molecule has 2 unspecified atom stereocenters. The van der Waals surface area contributed by atoms with Gasteiger partial charge in [-0.25, -0.2) is 0 Å². The lowest BCUT2D eigenvalue weighted by Crippen LogP contribution is -2.51. The SMILES string of the molecule is CC(C)(C)C1CC(C2OCC(S)CO2)CC(C(C)(C)C)C1O. The summed E-state index contributed by atoms with van der Waals surface area (Å²) < 4.78 is 11.8. The lowest BCUT2D eigenvalue weighted by molar-refractivity contribution is -0.225. The zero-order chi connectivity index (χ0) is 16.7. The first kappa shape index (κ1) is 18.6. The first-order valence-corrected chi connectivity index (χ1v) is 9.11. The summed E-state index contributed by atoms with van der Waals surface area (Å²) in [5.74, 6) is 0.908. The third-order valence-electron chi connectivity index (χ3n) is 5.45. The van der Waals surface area contributed by atoms with E-state index in [1.54, 1.807) is 0 Å². The Hall–Kier alpha value is 0.230. The van der Waals surface area contributed by atoms with Crippen molar-refractivity contribution < 1.29 is 14.6 Å². The lowest BCUT2D eigenvalue weighted by Gasteiger charge is -2.51. The number of aliphatic hydroxyl groups excluding tert-OH is 1. The van der Waals surface area contributed by atoms with Gasteiger partial charge in [-0.3, -0.25) is 0 Å². The van der Waals surface area contributed by atoms with Crippen LogP contribution >= 0.6 is 12.6 Å². The summed E-state index contributed by atoms with van der Waals surface area (Å²) >= 11 is 4.42. The van der Waals surface area contributed by atoms with Gasteiger partial charge in [-0.15, -0.1) is 0 Å². The van der Waals surface area contributed by atoms with E-state index in [0.717, 1.165) is 12.8 Å². The average Bonchev–Trinajstić information content (AvgIpc) is 2.37. The minimum absolute atomic E-state index is 0.0857. The molecule has 0 amide bonds. The second kappa shape index (κ2) is 6.62. The van der Waals surface area contributed by atoms with Crippen molar-refractivity contribution in [2.45, 2.75) is 72.0 Å². The van der Waals surface area contributed by atoms with Gasteiger partial charge in [-0.2, -0.15) is 12.6 Å². The molecule has 1 N–H and O–H groups in total. The minimum atomic E-state index is -0.252. The van der Waals surface area contributed by atoms with E-state index in [9.17, 15) is 5.11 Å². The summed E-state index contributed by atoms with van der Waals surface area (Å²) in [7, 11) is 0. The Labute approximate surface area is 141 Å². The highest BCUT2D eigenvalue weighted by molar-refractivity contribution is 7.81. The topological polar surface area (TPSA) is 38.7 Å². The van der Waals surface area contributed by atoms with E-state index < -0.39 is 0 Å². The van der Waals surface area contributed by atoms with Crippen LogP contribution in [0.5, 0.6) is 0 Å². The van der Waals surface area contributed by atoms with Crippen molar-refractivity contribution in [2.75, 3.05) is 13.2 Å². The van der Waals surface area contributed by atoms with Crippen LogP contribution in [-0.2, 0) is 9.47 Å². The van der Waals surface area contributed by atoms with Crippen molar-refractivity contribution in [2.24, 2.45) is 28.6 Å². The minimum Gasteiger partial charge on any atom is -0.393 e. The molecule has 130 valence electrons. The van der Waals surface area contributed by atoms with Crippen LogP contribution in [0.15, 0.2) is 0 Å². The summed E-state index contributed by atoms with van der Waals surface area (Å²) in [5, 5.41) is 11.1. The fraction of sp³-hybridized carbons (Fsp3) is 1.00. The summed E-state index contributed by atoms with van der Waals surface area (Å²) in [6.07, 6.45) is 1.56. The molecule has 2 aliphatic rings. The number of ether oxygens (including phenoxy) is 2. The summed E-state index contributed by atoms with van der Waals surface area (Å²) in [6, 6.07) is 0. The molecule has 0 radical (unpaired) electrons. The molecule has 1 aliphatic carbocycles. The molecule has 0 aromatic heterocycles. The molecule has 0 aromatic rings. The Morgan fingerprint density at radius 1 is 0.864 bits per heavy atom. The Morgan fingerprint density at radius 2 is 1.27 bits per heavy atom. The summed E-state index contributed by atoms with van der Waals surface area (Å²) in [5.41, 5.74) is 0.171.